The molecule has 36 heavy (non-hydrogen) atoms. The molecule has 9 nitrogen and oxygen atoms in total. The lowest BCUT2D eigenvalue weighted by atomic mass is 10.1. The average molecular weight is 485 g/mol. The minimum absolute atomic E-state index is 0.0379. The SMILES string of the molecule is COC(=O)c1ccc(C(=O)Nc2ccc(CCN)cc2)c(NC(=O)c2cc(=O)c3ccccc3o2)c1. The zero-order valence-electron chi connectivity index (χ0n) is 19.4. The molecule has 2 amide bonds. The number of nitrogens with one attached hydrogen (secondary N) is 2. The maximum absolute atomic E-state index is 13.1. The van der Waals surface area contributed by atoms with Gasteiger partial charge in [-0.25, -0.2) is 4.79 Å². The number of rotatable bonds is 7. The van der Waals surface area contributed by atoms with Gasteiger partial charge < -0.3 is 25.5 Å². The number of hydrogen-bond acceptors (Lipinski definition) is 7. The molecule has 4 aromatic rings. The molecule has 1 aromatic heterocycles. The van der Waals surface area contributed by atoms with Crippen LogP contribution in [0.4, 0.5) is 11.4 Å². The number of hydrogen-bond donors (Lipinski definition) is 3. The number of benzene rings is 3. The third kappa shape index (κ3) is 5.31. The van der Waals surface area contributed by atoms with Gasteiger partial charge in [-0.3, -0.25) is 14.4 Å². The van der Waals surface area contributed by atoms with Gasteiger partial charge in [0.2, 0.25) is 0 Å². The van der Waals surface area contributed by atoms with E-state index < -0.39 is 17.8 Å². The van der Waals surface area contributed by atoms with Crippen molar-refractivity contribution in [1.29, 1.82) is 0 Å². The fourth-order valence-corrected chi connectivity index (χ4v) is 3.61. The number of methoxy groups -OCH3 is 1. The Kier molecular flexibility index (Phi) is 7.22. The van der Waals surface area contributed by atoms with Crippen LogP contribution in [-0.2, 0) is 11.2 Å². The summed E-state index contributed by atoms with van der Waals surface area (Å²) in [6, 6.07) is 18.9. The lowest BCUT2D eigenvalue weighted by Gasteiger charge is -2.13. The number of ether oxygens (including phenoxy) is 1. The quantitative estimate of drug-likeness (QED) is 0.340. The number of carbonyl (C=O) groups is 3. The number of carbonyl (C=O) groups excluding carboxylic acids is 3. The molecule has 0 saturated carbocycles. The van der Waals surface area contributed by atoms with Gasteiger partial charge in [0.05, 0.1) is 29.3 Å². The van der Waals surface area contributed by atoms with Crippen molar-refractivity contribution in [1.82, 2.24) is 0 Å². The van der Waals surface area contributed by atoms with Crippen LogP contribution in [0.15, 0.2) is 82.0 Å². The van der Waals surface area contributed by atoms with Gasteiger partial charge in [0, 0.05) is 11.8 Å². The Morgan fingerprint density at radius 2 is 1.67 bits per heavy atom. The second-order valence-corrected chi connectivity index (χ2v) is 7.87. The highest BCUT2D eigenvalue weighted by Crippen LogP contribution is 2.22. The molecule has 4 N–H and O–H groups in total. The molecule has 3 aromatic carbocycles. The van der Waals surface area contributed by atoms with Crippen molar-refractivity contribution in [3.63, 3.8) is 0 Å². The van der Waals surface area contributed by atoms with Crippen LogP contribution in [-0.4, -0.2) is 31.4 Å². The minimum Gasteiger partial charge on any atom is -0.465 e. The maximum Gasteiger partial charge on any atom is 0.337 e. The van der Waals surface area contributed by atoms with Crippen LogP contribution in [0.5, 0.6) is 0 Å². The molecule has 0 spiro atoms. The Labute approximate surface area is 205 Å². The maximum atomic E-state index is 13.1. The van der Waals surface area contributed by atoms with Crippen molar-refractivity contribution in [2.45, 2.75) is 6.42 Å². The van der Waals surface area contributed by atoms with Gasteiger partial charge in [-0.1, -0.05) is 24.3 Å². The first kappa shape index (κ1) is 24.4. The molecule has 182 valence electrons. The summed E-state index contributed by atoms with van der Waals surface area (Å²) in [5.74, 6) is -2.18. The molecule has 0 aliphatic carbocycles. The summed E-state index contributed by atoms with van der Waals surface area (Å²) in [6.07, 6.45) is 0.713. The van der Waals surface area contributed by atoms with Gasteiger partial charge in [0.1, 0.15) is 5.58 Å². The van der Waals surface area contributed by atoms with Gasteiger partial charge >= 0.3 is 5.97 Å². The molecule has 0 fully saturated rings. The average Bonchev–Trinajstić information content (AvgIpc) is 2.89. The first-order valence-corrected chi connectivity index (χ1v) is 11.1. The van der Waals surface area contributed by atoms with Gasteiger partial charge in [0.15, 0.2) is 11.2 Å². The zero-order valence-corrected chi connectivity index (χ0v) is 19.4. The second kappa shape index (κ2) is 10.7. The van der Waals surface area contributed by atoms with Crippen molar-refractivity contribution in [2.75, 3.05) is 24.3 Å². The predicted molar refractivity (Wildman–Crippen MR) is 135 cm³/mol. The largest absolute Gasteiger partial charge is 0.465 e. The fraction of sp³-hybridized carbons (Fsp3) is 0.111. The molecule has 0 unspecified atom stereocenters. The molecule has 0 saturated heterocycles. The van der Waals surface area contributed by atoms with Gasteiger partial charge in [-0.15, -0.1) is 0 Å². The van der Waals surface area contributed by atoms with E-state index in [0.717, 1.165) is 11.6 Å². The first-order chi connectivity index (χ1) is 17.4. The summed E-state index contributed by atoms with van der Waals surface area (Å²) in [6.45, 7) is 0.513. The minimum atomic E-state index is -0.764. The monoisotopic (exact) mass is 485 g/mol. The lowest BCUT2D eigenvalue weighted by molar-refractivity contribution is 0.0600. The molecular weight excluding hydrogens is 462 g/mol. The first-order valence-electron chi connectivity index (χ1n) is 11.1. The van der Waals surface area contributed by atoms with Crippen molar-refractivity contribution in [3.05, 3.63) is 105 Å². The number of nitrogens with two attached hydrogens (primary N) is 1. The van der Waals surface area contributed by atoms with E-state index in [1.165, 1.54) is 25.3 Å². The summed E-state index contributed by atoms with van der Waals surface area (Å²) < 4.78 is 10.3. The molecule has 0 radical (unpaired) electrons. The lowest BCUT2D eigenvalue weighted by Crippen LogP contribution is -2.20. The third-order valence-corrected chi connectivity index (χ3v) is 5.44. The van der Waals surface area contributed by atoms with Gasteiger partial charge in [-0.2, -0.15) is 0 Å². The van der Waals surface area contributed by atoms with E-state index in [9.17, 15) is 19.2 Å². The number of esters is 1. The highest BCUT2D eigenvalue weighted by Gasteiger charge is 2.20. The van der Waals surface area contributed by atoms with Crippen molar-refractivity contribution >= 4 is 40.1 Å². The number of fused-ring (bicyclic) bond motifs is 1. The smallest absolute Gasteiger partial charge is 0.337 e. The molecule has 0 aliphatic heterocycles. The Bertz CT molecular complexity index is 1510. The summed E-state index contributed by atoms with van der Waals surface area (Å²) in [7, 11) is 1.22. The standard InChI is InChI=1S/C27H23N3O6/c1-35-27(34)17-8-11-19(25(32)29-18-9-6-16(7-10-18)12-13-28)21(14-17)30-26(33)24-15-22(31)20-4-2-3-5-23(20)36-24/h2-11,14-15H,12-13,28H2,1H3,(H,29,32)(H,30,33). The van der Waals surface area contributed by atoms with Crippen LogP contribution in [0.1, 0.15) is 36.8 Å². The molecule has 0 aliphatic rings. The van der Waals surface area contributed by atoms with Crippen LogP contribution < -0.4 is 21.8 Å². The van der Waals surface area contributed by atoms with Crippen molar-refractivity contribution in [3.8, 4) is 0 Å². The van der Waals surface area contributed by atoms with E-state index in [-0.39, 0.29) is 33.6 Å². The highest BCUT2D eigenvalue weighted by atomic mass is 16.5. The molecule has 4 rings (SSSR count). The van der Waals surface area contributed by atoms with Crippen LogP contribution in [0.25, 0.3) is 11.0 Å². The molecule has 0 bridgehead atoms. The predicted octanol–water partition coefficient (Wildman–Crippen LogP) is 3.59. The summed E-state index contributed by atoms with van der Waals surface area (Å²) in [5.41, 5.74) is 7.24. The normalized spacial score (nSPS) is 10.6. The van der Waals surface area contributed by atoms with E-state index in [1.54, 1.807) is 36.4 Å². The van der Waals surface area contributed by atoms with E-state index >= 15 is 0 Å². The Morgan fingerprint density at radius 3 is 2.39 bits per heavy atom. The Morgan fingerprint density at radius 1 is 0.917 bits per heavy atom. The van der Waals surface area contributed by atoms with Crippen LogP contribution in [0.2, 0.25) is 0 Å². The zero-order chi connectivity index (χ0) is 25.7. The Balaban J connectivity index is 1.65. The Hall–Kier alpha value is -4.76. The van der Waals surface area contributed by atoms with Crippen LogP contribution in [0.3, 0.4) is 0 Å². The van der Waals surface area contributed by atoms with E-state index in [4.69, 9.17) is 14.9 Å². The van der Waals surface area contributed by atoms with Crippen LogP contribution >= 0.6 is 0 Å². The van der Waals surface area contributed by atoms with Crippen molar-refractivity contribution in [2.24, 2.45) is 5.73 Å². The topological polar surface area (TPSA) is 141 Å². The van der Waals surface area contributed by atoms with Gasteiger partial charge in [-0.05, 0) is 61.0 Å². The van der Waals surface area contributed by atoms with E-state index in [0.29, 0.717) is 24.0 Å². The summed E-state index contributed by atoms with van der Waals surface area (Å²) >= 11 is 0. The molecule has 9 heteroatoms. The number of anilines is 2. The second-order valence-electron chi connectivity index (χ2n) is 7.87. The summed E-state index contributed by atoms with van der Waals surface area (Å²) in [4.78, 5) is 50.5. The van der Waals surface area contributed by atoms with E-state index in [1.807, 2.05) is 12.1 Å². The third-order valence-electron chi connectivity index (χ3n) is 5.44. The molecular formula is C27H23N3O6. The van der Waals surface area contributed by atoms with E-state index in [2.05, 4.69) is 10.6 Å². The fourth-order valence-electron chi connectivity index (χ4n) is 3.61. The summed E-state index contributed by atoms with van der Waals surface area (Å²) in [5, 5.41) is 5.68. The molecule has 1 heterocycles. The number of amides is 2. The highest BCUT2D eigenvalue weighted by molar-refractivity contribution is 6.13. The number of para-hydroxylation sites is 1. The van der Waals surface area contributed by atoms with Gasteiger partial charge in [0.25, 0.3) is 11.8 Å². The molecule has 0 atom stereocenters. The van der Waals surface area contributed by atoms with Crippen molar-refractivity contribution < 1.29 is 23.5 Å². The van der Waals surface area contributed by atoms with Crippen LogP contribution in [0, 0.1) is 0 Å².